The summed E-state index contributed by atoms with van der Waals surface area (Å²) in [6.07, 6.45) is 8.01. The fraction of sp³-hybridized carbons (Fsp3) is 0.432. The summed E-state index contributed by atoms with van der Waals surface area (Å²) < 4.78 is 30.9. The Morgan fingerprint density at radius 3 is 2.70 bits per heavy atom. The van der Waals surface area contributed by atoms with E-state index in [0.717, 1.165) is 53.9 Å². The number of fused-ring (bicyclic) bond motifs is 5. The van der Waals surface area contributed by atoms with Gasteiger partial charge < -0.3 is 15.8 Å². The molecule has 1 aliphatic rings. The molecule has 0 saturated heterocycles. The van der Waals surface area contributed by atoms with Gasteiger partial charge in [0.1, 0.15) is 11.5 Å². The van der Waals surface area contributed by atoms with Crippen LogP contribution in [0.3, 0.4) is 0 Å². The molecule has 0 spiro atoms. The highest BCUT2D eigenvalue weighted by atomic mass is 32.2. The number of nitrogens with zero attached hydrogens (tertiary/aromatic N) is 2. The van der Waals surface area contributed by atoms with E-state index in [4.69, 9.17) is 10.7 Å². The summed E-state index contributed by atoms with van der Waals surface area (Å²) in [5.74, 6) is -0.538. The Kier molecular flexibility index (Phi) is 11.0. The Morgan fingerprint density at radius 2 is 1.94 bits per heavy atom. The van der Waals surface area contributed by atoms with E-state index < -0.39 is 17.6 Å². The lowest BCUT2D eigenvalue weighted by atomic mass is 9.70. The normalized spacial score (nSPS) is 22.1. The molecule has 6 nitrogen and oxygen atoms in total. The number of aliphatic carboxylic acids is 1. The first-order valence-electron chi connectivity index (χ1n) is 16.3. The first kappa shape index (κ1) is 35.0. The van der Waals surface area contributed by atoms with Gasteiger partial charge in [0.15, 0.2) is 11.6 Å². The molecule has 0 saturated carbocycles. The predicted molar refractivity (Wildman–Crippen MR) is 190 cm³/mol. The zero-order valence-corrected chi connectivity index (χ0v) is 29.2. The number of nitrogens with two attached hydrogens (primary N) is 1. The zero-order valence-electron chi connectivity index (χ0n) is 27.5. The second-order valence-electron chi connectivity index (χ2n) is 13.5. The third-order valence-corrected chi connectivity index (χ3v) is 11.9. The minimum absolute atomic E-state index is 0.0563. The van der Waals surface area contributed by atoms with Crippen LogP contribution in [0.5, 0.6) is 0 Å². The number of halogens is 2. The van der Waals surface area contributed by atoms with Gasteiger partial charge in [0.05, 0.1) is 16.5 Å². The average molecular weight is 679 g/mol. The van der Waals surface area contributed by atoms with Crippen LogP contribution in [0.1, 0.15) is 82.2 Å². The van der Waals surface area contributed by atoms with Crippen LogP contribution in [0, 0.1) is 17.0 Å². The standard InChI is InChI=1S/C37H44F2N4O2S2/c1-5-29-37(4,24-9-6-8-23(20-24)10-11-30(44)45)16-7-15-36(2,3)22-46-19-14-27-26-13-18-42-33(26)31(38)32(39)34(27)47-25-12-17-41-28(21-25)35(40)43-29/h6,8-9,12-13,17-18,20-21,29,42H,5,7,10-11,14-16,19,22H2,1-4H3,(H2,40,43)(H,44,45)/t29?,37-/m1/s1. The molecule has 2 aromatic carbocycles. The summed E-state index contributed by atoms with van der Waals surface area (Å²) in [7, 11) is 0. The first-order valence-corrected chi connectivity index (χ1v) is 18.2. The molecule has 10 heteroatoms. The summed E-state index contributed by atoms with van der Waals surface area (Å²) in [6.45, 7) is 8.92. The van der Waals surface area contributed by atoms with Crippen molar-refractivity contribution in [2.45, 2.75) is 93.9 Å². The molecule has 47 heavy (non-hydrogen) atoms. The van der Waals surface area contributed by atoms with Gasteiger partial charge in [-0.25, -0.2) is 8.78 Å². The summed E-state index contributed by atoms with van der Waals surface area (Å²) in [4.78, 5) is 24.8. The van der Waals surface area contributed by atoms with E-state index in [1.54, 1.807) is 24.5 Å². The summed E-state index contributed by atoms with van der Waals surface area (Å²) in [5.41, 5.74) is 9.95. The van der Waals surface area contributed by atoms with Crippen LogP contribution in [0.2, 0.25) is 0 Å². The maximum Gasteiger partial charge on any atom is 0.303 e. The molecule has 2 aromatic heterocycles. The van der Waals surface area contributed by atoms with Crippen LogP contribution in [-0.4, -0.2) is 44.4 Å². The van der Waals surface area contributed by atoms with Gasteiger partial charge in [-0.2, -0.15) is 11.8 Å². The number of hydrogen-bond acceptors (Lipinski definition) is 6. The van der Waals surface area contributed by atoms with Gasteiger partial charge in [0, 0.05) is 34.5 Å². The highest BCUT2D eigenvalue weighted by Gasteiger charge is 2.36. The number of nitrogens with one attached hydrogen (secondary N) is 1. The lowest BCUT2D eigenvalue weighted by molar-refractivity contribution is -0.136. The van der Waals surface area contributed by atoms with Crippen molar-refractivity contribution >= 4 is 46.2 Å². The third-order valence-electron chi connectivity index (χ3n) is 9.34. The van der Waals surface area contributed by atoms with E-state index >= 15 is 8.78 Å². The van der Waals surface area contributed by atoms with Crippen molar-refractivity contribution in [2.75, 3.05) is 11.5 Å². The number of thioether (sulfide) groups is 1. The molecule has 1 unspecified atom stereocenters. The summed E-state index contributed by atoms with van der Waals surface area (Å²) >= 11 is 3.04. The number of carbonyl (C=O) groups is 1. The Morgan fingerprint density at radius 1 is 1.13 bits per heavy atom. The Hall–Kier alpha value is -3.37. The quantitative estimate of drug-likeness (QED) is 0.195. The zero-order chi connectivity index (χ0) is 33.8. The highest BCUT2D eigenvalue weighted by molar-refractivity contribution is 7.99. The number of pyridine rings is 1. The van der Waals surface area contributed by atoms with Crippen molar-refractivity contribution in [3.05, 3.63) is 88.9 Å². The third kappa shape index (κ3) is 8.03. The molecule has 4 N–H and O–H groups in total. The predicted octanol–water partition coefficient (Wildman–Crippen LogP) is 8.94. The second kappa shape index (κ2) is 14.8. The van der Waals surface area contributed by atoms with Crippen LogP contribution >= 0.6 is 23.5 Å². The monoisotopic (exact) mass is 678 g/mol. The topological polar surface area (TPSA) is 104 Å². The maximum absolute atomic E-state index is 15.7. The van der Waals surface area contributed by atoms with Crippen LogP contribution < -0.4 is 5.73 Å². The summed E-state index contributed by atoms with van der Waals surface area (Å²) in [5, 5.41) is 9.98. The van der Waals surface area contributed by atoms with Crippen molar-refractivity contribution in [2.24, 2.45) is 16.1 Å². The lowest BCUT2D eigenvalue weighted by Crippen LogP contribution is -2.37. The van der Waals surface area contributed by atoms with Crippen LogP contribution in [0.15, 0.2) is 69.6 Å². The highest BCUT2D eigenvalue weighted by Crippen LogP contribution is 2.42. The number of H-pyrrole nitrogens is 1. The van der Waals surface area contributed by atoms with Gasteiger partial charge in [0.2, 0.25) is 0 Å². The second-order valence-corrected chi connectivity index (χ2v) is 15.6. The molecule has 250 valence electrons. The number of rotatable bonds is 5. The van der Waals surface area contributed by atoms with E-state index in [1.807, 2.05) is 30.0 Å². The Balaban J connectivity index is 1.58. The molecular formula is C37H44F2N4O2S2. The lowest BCUT2D eigenvalue weighted by Gasteiger charge is -2.37. The van der Waals surface area contributed by atoms with Gasteiger partial charge in [-0.15, -0.1) is 0 Å². The fourth-order valence-electron chi connectivity index (χ4n) is 6.64. The molecule has 5 rings (SSSR count). The van der Waals surface area contributed by atoms with Crippen molar-refractivity contribution in [3.8, 4) is 0 Å². The van der Waals surface area contributed by atoms with E-state index in [9.17, 15) is 9.90 Å². The molecule has 0 radical (unpaired) electrons. The van der Waals surface area contributed by atoms with Crippen LogP contribution in [0.4, 0.5) is 8.78 Å². The Labute approximate surface area is 284 Å². The van der Waals surface area contributed by atoms with Crippen molar-refractivity contribution in [1.29, 1.82) is 0 Å². The average Bonchev–Trinajstić information content (AvgIpc) is 3.54. The van der Waals surface area contributed by atoms with E-state index in [0.29, 0.717) is 34.7 Å². The van der Waals surface area contributed by atoms with Gasteiger partial charge in [0.25, 0.3) is 0 Å². The molecule has 2 atom stereocenters. The number of hydrogen-bond donors (Lipinski definition) is 3. The van der Waals surface area contributed by atoms with E-state index in [2.05, 4.69) is 49.8 Å². The maximum atomic E-state index is 15.7. The number of aromatic amines is 1. The number of aliphatic imine (C=N–C) groups is 1. The molecular weight excluding hydrogens is 635 g/mol. The number of carboxylic acid groups (broad SMARTS) is 1. The molecule has 1 aliphatic heterocycles. The van der Waals surface area contributed by atoms with Crippen molar-refractivity contribution < 1.29 is 18.7 Å². The van der Waals surface area contributed by atoms with Crippen LogP contribution in [0.25, 0.3) is 10.9 Å². The molecule has 0 amide bonds. The van der Waals surface area contributed by atoms with E-state index in [1.165, 1.54) is 11.8 Å². The van der Waals surface area contributed by atoms with Crippen molar-refractivity contribution in [3.63, 3.8) is 0 Å². The van der Waals surface area contributed by atoms with Gasteiger partial charge in [-0.3, -0.25) is 14.8 Å². The molecule has 4 aromatic rings. The summed E-state index contributed by atoms with van der Waals surface area (Å²) in [6, 6.07) is 13.5. The largest absolute Gasteiger partial charge is 0.481 e. The number of amidine groups is 1. The molecule has 0 aliphatic carbocycles. The minimum Gasteiger partial charge on any atom is -0.481 e. The Bertz CT molecular complexity index is 1770. The first-order chi connectivity index (χ1) is 22.4. The molecule has 3 heterocycles. The fourth-order valence-corrected chi connectivity index (χ4v) is 8.88. The van der Waals surface area contributed by atoms with Gasteiger partial charge in [-0.05, 0) is 83.9 Å². The molecule has 2 bridgehead atoms. The number of benzene rings is 2. The van der Waals surface area contributed by atoms with Crippen LogP contribution in [-0.2, 0) is 23.1 Å². The van der Waals surface area contributed by atoms with Gasteiger partial charge in [-0.1, -0.05) is 70.1 Å². The van der Waals surface area contributed by atoms with Crippen molar-refractivity contribution in [1.82, 2.24) is 9.97 Å². The number of carboxylic acids is 1. The minimum atomic E-state index is -0.875. The van der Waals surface area contributed by atoms with E-state index in [-0.39, 0.29) is 33.7 Å². The molecule has 0 fully saturated rings. The van der Waals surface area contributed by atoms with Gasteiger partial charge >= 0.3 is 5.97 Å². The number of aryl methyl sites for hydroxylation is 2. The number of aromatic nitrogens is 2. The smallest absolute Gasteiger partial charge is 0.303 e. The SMILES string of the molecule is CCC1/N=C(\N)c2cc(ccn2)Sc2c(F)c(F)c3[nH]ccc3c2CCSCC(C)(C)CCC[C@]1(C)c1cccc(CCC(=O)O)c1.